The number of methoxy groups -OCH3 is 1. The largest absolute Gasteiger partial charge is 0.497 e. The number of carbonyl (C=O) groups excluding carboxylic acids is 1. The summed E-state index contributed by atoms with van der Waals surface area (Å²) in [6.07, 6.45) is 0.177. The van der Waals surface area contributed by atoms with Gasteiger partial charge in [-0.2, -0.15) is 0 Å². The third-order valence-electron chi connectivity index (χ3n) is 4.54. The molecule has 1 aliphatic rings. The monoisotopic (exact) mass is 334 g/mol. The highest BCUT2D eigenvalue weighted by Crippen LogP contribution is 2.24. The molecular weight excluding hydrogens is 304 g/mol. The number of benzene rings is 1. The van der Waals surface area contributed by atoms with Gasteiger partial charge in [0.1, 0.15) is 5.75 Å². The normalized spacial score (nSPS) is 23.1. The molecule has 134 valence electrons. The first-order valence-corrected chi connectivity index (χ1v) is 8.69. The van der Waals surface area contributed by atoms with E-state index in [2.05, 4.69) is 31.0 Å². The van der Waals surface area contributed by atoms with Gasteiger partial charge in [0, 0.05) is 12.6 Å². The van der Waals surface area contributed by atoms with Gasteiger partial charge in [-0.25, -0.2) is 0 Å². The molecule has 1 heterocycles. The zero-order valence-electron chi connectivity index (χ0n) is 15.4. The van der Waals surface area contributed by atoms with Crippen molar-refractivity contribution in [3.63, 3.8) is 0 Å². The highest BCUT2D eigenvalue weighted by molar-refractivity contribution is 5.78. The smallest absolute Gasteiger partial charge is 0.234 e. The Kier molecular flexibility index (Phi) is 6.63. The summed E-state index contributed by atoms with van der Waals surface area (Å²) in [6, 6.07) is 8.17. The van der Waals surface area contributed by atoms with Crippen molar-refractivity contribution in [3.8, 4) is 5.75 Å². The fourth-order valence-electron chi connectivity index (χ4n) is 3.04. The van der Waals surface area contributed by atoms with Crippen LogP contribution in [0.25, 0.3) is 0 Å². The number of hydrogen-bond acceptors (Lipinski definition) is 4. The molecule has 0 saturated carbocycles. The fourth-order valence-corrected chi connectivity index (χ4v) is 3.04. The number of carbonyl (C=O) groups is 1. The van der Waals surface area contributed by atoms with E-state index in [1.54, 1.807) is 7.11 Å². The van der Waals surface area contributed by atoms with Gasteiger partial charge in [0.2, 0.25) is 5.91 Å². The maximum Gasteiger partial charge on any atom is 0.234 e. The Bertz CT molecular complexity index is 530. The molecule has 0 spiro atoms. The molecule has 3 unspecified atom stereocenters. The summed E-state index contributed by atoms with van der Waals surface area (Å²) in [4.78, 5) is 14.7. The highest BCUT2D eigenvalue weighted by Gasteiger charge is 2.26. The number of morpholine rings is 1. The topological polar surface area (TPSA) is 50.8 Å². The van der Waals surface area contributed by atoms with Crippen LogP contribution in [-0.4, -0.2) is 49.8 Å². The molecule has 24 heavy (non-hydrogen) atoms. The van der Waals surface area contributed by atoms with Gasteiger partial charge in [0.15, 0.2) is 0 Å². The predicted octanol–water partition coefficient (Wildman–Crippen LogP) is 2.62. The first kappa shape index (κ1) is 18.7. The van der Waals surface area contributed by atoms with Gasteiger partial charge in [-0.15, -0.1) is 0 Å². The van der Waals surface area contributed by atoms with Crippen molar-refractivity contribution < 1.29 is 14.3 Å². The molecule has 0 aliphatic carbocycles. The SMILES string of the molecule is COc1ccc(C(NC(=O)CN2CC(C)OCC2C)C(C)C)cc1. The molecule has 0 bridgehead atoms. The van der Waals surface area contributed by atoms with Crippen molar-refractivity contribution in [2.75, 3.05) is 26.8 Å². The van der Waals surface area contributed by atoms with Gasteiger partial charge in [-0.3, -0.25) is 9.69 Å². The minimum Gasteiger partial charge on any atom is -0.497 e. The van der Waals surface area contributed by atoms with Crippen molar-refractivity contribution in [1.82, 2.24) is 10.2 Å². The van der Waals surface area contributed by atoms with Crippen LogP contribution in [0.1, 0.15) is 39.3 Å². The van der Waals surface area contributed by atoms with E-state index < -0.39 is 0 Å². The van der Waals surface area contributed by atoms with Gasteiger partial charge in [0.05, 0.1) is 32.4 Å². The summed E-state index contributed by atoms with van der Waals surface area (Å²) in [6.45, 7) is 10.3. The average Bonchev–Trinajstić information content (AvgIpc) is 2.56. The highest BCUT2D eigenvalue weighted by atomic mass is 16.5. The molecule has 2 rings (SSSR count). The van der Waals surface area contributed by atoms with Crippen molar-refractivity contribution >= 4 is 5.91 Å². The first-order chi connectivity index (χ1) is 11.4. The maximum atomic E-state index is 12.6. The zero-order valence-corrected chi connectivity index (χ0v) is 15.4. The van der Waals surface area contributed by atoms with Crippen LogP contribution in [0.4, 0.5) is 0 Å². The van der Waals surface area contributed by atoms with E-state index in [9.17, 15) is 4.79 Å². The van der Waals surface area contributed by atoms with Gasteiger partial charge in [-0.1, -0.05) is 26.0 Å². The summed E-state index contributed by atoms with van der Waals surface area (Å²) in [7, 11) is 1.65. The van der Waals surface area contributed by atoms with Crippen molar-refractivity contribution in [1.29, 1.82) is 0 Å². The number of nitrogens with zero attached hydrogens (tertiary/aromatic N) is 1. The van der Waals surface area contributed by atoms with Gasteiger partial charge in [0.25, 0.3) is 0 Å². The minimum atomic E-state index is -0.00261. The van der Waals surface area contributed by atoms with E-state index >= 15 is 0 Å². The van der Waals surface area contributed by atoms with Crippen molar-refractivity contribution in [3.05, 3.63) is 29.8 Å². The van der Waals surface area contributed by atoms with Gasteiger partial charge in [-0.05, 0) is 37.5 Å². The Morgan fingerprint density at radius 1 is 1.33 bits per heavy atom. The molecular formula is C19H30N2O3. The Morgan fingerprint density at radius 3 is 2.58 bits per heavy atom. The molecule has 1 aromatic carbocycles. The fraction of sp³-hybridized carbons (Fsp3) is 0.632. The van der Waals surface area contributed by atoms with E-state index in [0.717, 1.165) is 17.9 Å². The Morgan fingerprint density at radius 2 is 2.00 bits per heavy atom. The van der Waals surface area contributed by atoms with Crippen molar-refractivity contribution in [2.24, 2.45) is 5.92 Å². The van der Waals surface area contributed by atoms with E-state index in [4.69, 9.17) is 9.47 Å². The van der Waals surface area contributed by atoms with E-state index in [1.165, 1.54) is 0 Å². The molecule has 5 nitrogen and oxygen atoms in total. The summed E-state index contributed by atoms with van der Waals surface area (Å²) < 4.78 is 10.8. The number of hydrogen-bond donors (Lipinski definition) is 1. The van der Waals surface area contributed by atoms with Crippen LogP contribution in [0.2, 0.25) is 0 Å². The van der Waals surface area contributed by atoms with Crippen LogP contribution < -0.4 is 10.1 Å². The Hall–Kier alpha value is -1.59. The molecule has 1 fully saturated rings. The van der Waals surface area contributed by atoms with E-state index in [-0.39, 0.29) is 24.1 Å². The molecule has 1 aromatic rings. The van der Waals surface area contributed by atoms with Crippen LogP contribution >= 0.6 is 0 Å². The summed E-state index contributed by atoms with van der Waals surface area (Å²) in [5.74, 6) is 1.19. The summed E-state index contributed by atoms with van der Waals surface area (Å²) in [5.41, 5.74) is 1.10. The lowest BCUT2D eigenvalue weighted by molar-refractivity contribution is -0.127. The van der Waals surface area contributed by atoms with E-state index in [1.807, 2.05) is 31.2 Å². The lowest BCUT2D eigenvalue weighted by Gasteiger charge is -2.36. The molecule has 5 heteroatoms. The van der Waals surface area contributed by atoms with Crippen LogP contribution in [0, 0.1) is 5.92 Å². The van der Waals surface area contributed by atoms with Crippen LogP contribution in [0.3, 0.4) is 0 Å². The zero-order chi connectivity index (χ0) is 17.7. The average molecular weight is 334 g/mol. The molecule has 3 atom stereocenters. The minimum absolute atomic E-state index is 0.00261. The molecule has 0 aromatic heterocycles. The third kappa shape index (κ3) is 4.95. The second-order valence-corrected chi connectivity index (χ2v) is 6.98. The summed E-state index contributed by atoms with van der Waals surface area (Å²) >= 11 is 0. The third-order valence-corrected chi connectivity index (χ3v) is 4.54. The van der Waals surface area contributed by atoms with Crippen molar-refractivity contribution in [2.45, 2.75) is 45.9 Å². The molecule has 1 aliphatic heterocycles. The molecule has 1 amide bonds. The molecule has 1 saturated heterocycles. The maximum absolute atomic E-state index is 12.6. The Labute approximate surface area is 145 Å². The van der Waals surface area contributed by atoms with Crippen LogP contribution in [0.5, 0.6) is 5.75 Å². The second kappa shape index (κ2) is 8.49. The summed E-state index contributed by atoms with van der Waals surface area (Å²) in [5, 5.41) is 3.19. The Balaban J connectivity index is 2.00. The number of rotatable bonds is 6. The second-order valence-electron chi connectivity index (χ2n) is 6.98. The van der Waals surface area contributed by atoms with Crippen LogP contribution in [0.15, 0.2) is 24.3 Å². The first-order valence-electron chi connectivity index (χ1n) is 8.69. The lowest BCUT2D eigenvalue weighted by Crippen LogP contribution is -2.51. The number of amides is 1. The quantitative estimate of drug-likeness (QED) is 0.869. The van der Waals surface area contributed by atoms with E-state index in [0.29, 0.717) is 19.1 Å². The van der Waals surface area contributed by atoms with Gasteiger partial charge >= 0.3 is 0 Å². The standard InChI is InChI=1S/C19H30N2O3/c1-13(2)19(16-6-8-17(23-5)9-7-16)20-18(22)11-21-10-15(4)24-12-14(21)3/h6-9,13-15,19H,10-12H2,1-5H3,(H,20,22). The molecule has 0 radical (unpaired) electrons. The predicted molar refractivity (Wildman–Crippen MR) is 95.2 cm³/mol. The van der Waals surface area contributed by atoms with Crippen LogP contribution in [-0.2, 0) is 9.53 Å². The lowest BCUT2D eigenvalue weighted by atomic mass is 9.96. The van der Waals surface area contributed by atoms with Gasteiger partial charge < -0.3 is 14.8 Å². The number of nitrogens with one attached hydrogen (secondary N) is 1. The molecule has 1 N–H and O–H groups in total. The number of ether oxygens (including phenoxy) is 2.